The van der Waals surface area contributed by atoms with E-state index in [9.17, 15) is 33.4 Å². The predicted octanol–water partition coefficient (Wildman–Crippen LogP) is 3.18. The van der Waals surface area contributed by atoms with Gasteiger partial charge in [-0.1, -0.05) is 5.16 Å². The van der Waals surface area contributed by atoms with Crippen LogP contribution in [0.2, 0.25) is 0 Å². The molecule has 1 aromatic heterocycles. The number of rotatable bonds is 25. The lowest BCUT2D eigenvalue weighted by atomic mass is 10.0. The Labute approximate surface area is 311 Å². The van der Waals surface area contributed by atoms with E-state index in [1.807, 2.05) is 0 Å². The zero-order valence-corrected chi connectivity index (χ0v) is 32.9. The molecule has 0 bridgehead atoms. The average molecular weight is 834 g/mol. The lowest BCUT2D eigenvalue weighted by molar-refractivity contribution is -0.272. The molecule has 2 amide bonds. The van der Waals surface area contributed by atoms with Crippen molar-refractivity contribution in [1.82, 2.24) is 15.2 Å². The Balaban J connectivity index is 1.77. The Morgan fingerprint density at radius 1 is 1.02 bits per heavy atom. The van der Waals surface area contributed by atoms with Crippen molar-refractivity contribution in [3.05, 3.63) is 22.3 Å². The van der Waals surface area contributed by atoms with Crippen molar-refractivity contribution in [2.24, 2.45) is 5.16 Å². The largest absolute Gasteiger partial charge is 0.477 e. The van der Waals surface area contributed by atoms with E-state index in [1.165, 1.54) is 31.2 Å². The van der Waals surface area contributed by atoms with Crippen LogP contribution in [0.3, 0.4) is 0 Å². The number of aliphatic carboxylic acids is 1. The molecule has 0 saturated carbocycles. The van der Waals surface area contributed by atoms with Gasteiger partial charge in [0.25, 0.3) is 11.8 Å². The minimum absolute atomic E-state index is 0.0261. The van der Waals surface area contributed by atoms with E-state index in [4.69, 9.17) is 47.8 Å². The highest BCUT2D eigenvalue weighted by Gasteiger charge is 2.56. The SMILES string of the molecule is CCOOP(=O)(OOCC)C(CCNc1nc(/C(=N/OC)C(=O)N[C@@H]2C(=O)N3C(C(=O)O)=C(COC(C)=O)CS[C@@H]23)cs1)P(=O)(OOCC)OOCC. The van der Waals surface area contributed by atoms with Gasteiger partial charge in [0, 0.05) is 30.2 Å². The summed E-state index contributed by atoms with van der Waals surface area (Å²) in [6.07, 6.45) is -0.321. The molecule has 2 aliphatic rings. The molecule has 0 aliphatic carbocycles. The smallest absolute Gasteiger partial charge is 0.399 e. The molecule has 3 N–H and O–H groups in total. The molecule has 298 valence electrons. The number of oxime groups is 1. The summed E-state index contributed by atoms with van der Waals surface area (Å²) in [5.74, 6) is -3.41. The standard InChI is InChI=1S/C27H41N5O17P2S2/c1-7-42-46-50(38,47-43-8-2)19(51(39,48-44-9-3)49-45-10-4)11-12-28-27-29-18(15-53-27)20(31-40-6)23(34)30-21-24(35)32-22(26(36)37)17(13-41-16(5)33)14-52-25(21)32/h15,19,21,25H,7-14H2,1-6H3,(H,28,29)(H,30,34)(H,36,37)/b31-20-/t21-,25+/m1/s1. The van der Waals surface area contributed by atoms with Crippen LogP contribution in [-0.2, 0) is 76.1 Å². The first-order chi connectivity index (χ1) is 25.3. The Morgan fingerprint density at radius 2 is 1.58 bits per heavy atom. The summed E-state index contributed by atoms with van der Waals surface area (Å²) in [5.41, 5.74) is -0.367. The maximum atomic E-state index is 13.9. The quantitative estimate of drug-likeness (QED) is 0.0319. The maximum Gasteiger partial charge on any atom is 0.399 e. The number of nitrogens with one attached hydrogen (secondary N) is 2. The molecule has 53 heavy (non-hydrogen) atoms. The maximum absolute atomic E-state index is 13.9. The van der Waals surface area contributed by atoms with Gasteiger partial charge in [-0.25, -0.2) is 29.3 Å². The number of anilines is 1. The van der Waals surface area contributed by atoms with Crippen molar-refractivity contribution in [2.45, 2.75) is 57.9 Å². The van der Waals surface area contributed by atoms with Gasteiger partial charge in [-0.15, -0.1) is 41.8 Å². The van der Waals surface area contributed by atoms with Crippen molar-refractivity contribution in [2.75, 3.05) is 57.8 Å². The van der Waals surface area contributed by atoms with Crippen molar-refractivity contribution in [3.8, 4) is 0 Å². The first-order valence-electron chi connectivity index (χ1n) is 15.9. The van der Waals surface area contributed by atoms with E-state index in [0.717, 1.165) is 16.2 Å². The summed E-state index contributed by atoms with van der Waals surface area (Å²) >= 11 is 2.20. The summed E-state index contributed by atoms with van der Waals surface area (Å²) in [6, 6.07) is -1.12. The summed E-state index contributed by atoms with van der Waals surface area (Å²) in [4.78, 5) is 79.5. The lowest BCUT2D eigenvalue weighted by Crippen LogP contribution is -2.71. The molecule has 22 nitrogen and oxygen atoms in total. The second-order valence-electron chi connectivity index (χ2n) is 10.3. The Bertz CT molecular complexity index is 1550. The zero-order chi connectivity index (χ0) is 39.2. The van der Waals surface area contributed by atoms with Gasteiger partial charge in [0.2, 0.25) is 0 Å². The van der Waals surface area contributed by atoms with E-state index < -0.39 is 55.8 Å². The number of carboxylic acids is 1. The van der Waals surface area contributed by atoms with E-state index in [1.54, 1.807) is 27.7 Å². The first-order valence-corrected chi connectivity index (χ1v) is 21.0. The highest BCUT2D eigenvalue weighted by Crippen LogP contribution is 2.71. The molecule has 1 fully saturated rings. The lowest BCUT2D eigenvalue weighted by Gasteiger charge is -2.49. The molecule has 3 rings (SSSR count). The van der Waals surface area contributed by atoms with Crippen molar-refractivity contribution < 1.29 is 81.2 Å². The predicted molar refractivity (Wildman–Crippen MR) is 185 cm³/mol. The average Bonchev–Trinajstić information content (AvgIpc) is 3.61. The third kappa shape index (κ3) is 11.5. The number of aromatic nitrogens is 1. The van der Waals surface area contributed by atoms with Gasteiger partial charge in [-0.05, 0) is 34.1 Å². The summed E-state index contributed by atoms with van der Waals surface area (Å²) in [5, 5.41) is 18.2. The van der Waals surface area contributed by atoms with Gasteiger partial charge >= 0.3 is 27.1 Å². The molecular formula is C27H41N5O17P2S2. The number of thioether (sulfide) groups is 1. The fourth-order valence-corrected chi connectivity index (χ4v) is 10.7. The highest BCUT2D eigenvalue weighted by molar-refractivity contribution is 8.00. The second kappa shape index (κ2) is 21.2. The fraction of sp³-hybridized carbons (Fsp3) is 0.630. The van der Waals surface area contributed by atoms with Crippen molar-refractivity contribution in [1.29, 1.82) is 0 Å². The number of esters is 1. The number of carbonyl (C=O) groups is 4. The number of thiazole rings is 1. The number of carboxylic acid groups (broad SMARTS) is 1. The molecule has 0 unspecified atom stereocenters. The van der Waals surface area contributed by atoms with Gasteiger partial charge < -0.3 is 25.3 Å². The third-order valence-electron chi connectivity index (χ3n) is 6.64. The molecule has 2 aliphatic heterocycles. The summed E-state index contributed by atoms with van der Waals surface area (Å²) in [7, 11) is -8.04. The van der Waals surface area contributed by atoms with Gasteiger partial charge in [-0.3, -0.25) is 28.4 Å². The molecule has 1 aromatic rings. The van der Waals surface area contributed by atoms with Crippen LogP contribution in [0, 0.1) is 0 Å². The van der Waals surface area contributed by atoms with Crippen LogP contribution in [0.25, 0.3) is 0 Å². The van der Waals surface area contributed by atoms with Crippen molar-refractivity contribution >= 4 is 72.9 Å². The number of ether oxygens (including phenoxy) is 1. The number of nitrogens with zero attached hydrogens (tertiary/aromatic N) is 3. The molecule has 0 spiro atoms. The fourth-order valence-electron chi connectivity index (χ4n) is 4.48. The van der Waals surface area contributed by atoms with E-state index >= 15 is 0 Å². The van der Waals surface area contributed by atoms with Gasteiger partial charge in [0.15, 0.2) is 16.2 Å². The van der Waals surface area contributed by atoms with Crippen LogP contribution in [0.1, 0.15) is 46.7 Å². The number of amides is 2. The molecule has 3 heterocycles. The molecule has 0 aromatic carbocycles. The zero-order valence-electron chi connectivity index (χ0n) is 29.5. The van der Waals surface area contributed by atoms with Crippen LogP contribution in [0.5, 0.6) is 0 Å². The number of fused-ring (bicyclic) bond motifs is 1. The van der Waals surface area contributed by atoms with Gasteiger partial charge in [0.05, 0.1) is 26.4 Å². The van der Waals surface area contributed by atoms with E-state index in [2.05, 4.69) is 20.8 Å². The molecule has 1 saturated heterocycles. The highest BCUT2D eigenvalue weighted by atomic mass is 32.2. The normalized spacial score (nSPS) is 17.8. The first kappa shape index (κ1) is 44.4. The second-order valence-corrected chi connectivity index (χ2v) is 16.6. The minimum Gasteiger partial charge on any atom is -0.477 e. The Hall–Kier alpha value is -2.99. The molecule has 2 atom stereocenters. The Kier molecular flexibility index (Phi) is 17.8. The molecular weight excluding hydrogens is 792 g/mol. The van der Waals surface area contributed by atoms with Crippen LogP contribution in [0.15, 0.2) is 21.8 Å². The number of hydrogen-bond acceptors (Lipinski definition) is 21. The number of hydrogen-bond donors (Lipinski definition) is 3. The van der Waals surface area contributed by atoms with Crippen LogP contribution >= 0.6 is 38.3 Å². The van der Waals surface area contributed by atoms with Gasteiger partial charge in [-0.2, -0.15) is 0 Å². The minimum atomic E-state index is -4.62. The number of β-lactam (4-membered cyclic amide) rings is 1. The number of carbonyl (C=O) groups excluding carboxylic acids is 3. The summed E-state index contributed by atoms with van der Waals surface area (Å²) < 4.78 is 52.9. The Morgan fingerprint density at radius 3 is 2.08 bits per heavy atom. The topological polar surface area (TPSA) is 268 Å². The van der Waals surface area contributed by atoms with Crippen LogP contribution in [0.4, 0.5) is 5.13 Å². The van der Waals surface area contributed by atoms with Crippen LogP contribution < -0.4 is 10.6 Å². The molecule has 0 radical (unpaired) electrons. The van der Waals surface area contributed by atoms with E-state index in [0.29, 0.717) is 0 Å². The molecule has 26 heteroatoms. The van der Waals surface area contributed by atoms with E-state index in [-0.39, 0.29) is 79.6 Å². The summed E-state index contributed by atoms with van der Waals surface area (Å²) in [6.45, 7) is 6.64. The van der Waals surface area contributed by atoms with Crippen molar-refractivity contribution in [3.63, 3.8) is 0 Å². The third-order valence-corrected chi connectivity index (χ3v) is 13.7. The monoisotopic (exact) mass is 833 g/mol. The van der Waals surface area contributed by atoms with Crippen LogP contribution in [-0.4, -0.2) is 114 Å². The van der Waals surface area contributed by atoms with Gasteiger partial charge in [0.1, 0.15) is 36.5 Å².